The van der Waals surface area contributed by atoms with Gasteiger partial charge in [-0.2, -0.15) is 0 Å². The number of amides is 2. The molecule has 0 aliphatic carbocycles. The Balaban J connectivity index is 1.84. The summed E-state index contributed by atoms with van der Waals surface area (Å²) in [7, 11) is 1.63. The fourth-order valence-corrected chi connectivity index (χ4v) is 3.99. The molecule has 2 atom stereocenters. The Labute approximate surface area is 147 Å². The van der Waals surface area contributed by atoms with Crippen molar-refractivity contribution in [3.8, 4) is 11.5 Å². The van der Waals surface area contributed by atoms with Crippen molar-refractivity contribution in [3.05, 3.63) is 53.1 Å². The minimum Gasteiger partial charge on any atom is -0.493 e. The number of carbonyl (C=O) groups is 1. The number of urea groups is 1. The average molecular weight is 338 g/mol. The van der Waals surface area contributed by atoms with Gasteiger partial charge in [0.2, 0.25) is 0 Å². The van der Waals surface area contributed by atoms with Crippen molar-refractivity contribution in [2.75, 3.05) is 12.0 Å². The van der Waals surface area contributed by atoms with Crippen LogP contribution in [0.25, 0.3) is 0 Å². The fraction of sp³-hybridized carbons (Fsp3) is 0.350. The van der Waals surface area contributed by atoms with E-state index in [4.69, 9.17) is 9.47 Å². The molecule has 1 saturated heterocycles. The van der Waals surface area contributed by atoms with Crippen molar-refractivity contribution in [2.24, 2.45) is 0 Å². The summed E-state index contributed by atoms with van der Waals surface area (Å²) >= 11 is 0. The number of nitrogens with zero attached hydrogens (tertiary/aromatic N) is 1. The lowest BCUT2D eigenvalue weighted by atomic mass is 9.89. The Morgan fingerprint density at radius 1 is 1.24 bits per heavy atom. The van der Waals surface area contributed by atoms with Crippen molar-refractivity contribution >= 4 is 11.7 Å². The minimum absolute atomic E-state index is 0.0847. The number of hydrogen-bond donors (Lipinski definition) is 1. The molecule has 0 aromatic heterocycles. The topological polar surface area (TPSA) is 50.8 Å². The summed E-state index contributed by atoms with van der Waals surface area (Å²) in [5, 5.41) is 3.12. The largest absolute Gasteiger partial charge is 0.493 e. The molecule has 4 rings (SSSR count). The Bertz CT molecular complexity index is 844. The fourth-order valence-electron chi connectivity index (χ4n) is 3.99. The van der Waals surface area contributed by atoms with E-state index in [0.717, 1.165) is 22.4 Å². The summed E-state index contributed by atoms with van der Waals surface area (Å²) in [6, 6.07) is 11.7. The number of hydrogen-bond acceptors (Lipinski definition) is 3. The molecule has 2 heterocycles. The van der Waals surface area contributed by atoms with E-state index in [1.165, 1.54) is 0 Å². The van der Waals surface area contributed by atoms with Crippen molar-refractivity contribution in [1.29, 1.82) is 0 Å². The molecule has 5 nitrogen and oxygen atoms in total. The molecule has 1 N–H and O–H groups in total. The number of rotatable bonds is 2. The number of carbonyl (C=O) groups excluding carboxylic acids is 1. The van der Waals surface area contributed by atoms with Crippen molar-refractivity contribution in [2.45, 2.75) is 39.0 Å². The molecule has 0 saturated carbocycles. The molecule has 2 aliphatic rings. The lowest BCUT2D eigenvalue weighted by Gasteiger charge is -2.50. The van der Waals surface area contributed by atoms with E-state index in [2.05, 4.69) is 11.4 Å². The van der Waals surface area contributed by atoms with Crippen LogP contribution in [0.15, 0.2) is 36.4 Å². The van der Waals surface area contributed by atoms with Crippen molar-refractivity contribution < 1.29 is 14.3 Å². The maximum absolute atomic E-state index is 12.9. The van der Waals surface area contributed by atoms with Gasteiger partial charge in [0, 0.05) is 17.7 Å². The van der Waals surface area contributed by atoms with E-state index in [9.17, 15) is 4.79 Å². The highest BCUT2D eigenvalue weighted by atomic mass is 16.5. The average Bonchev–Trinajstić information content (AvgIpc) is 2.52. The molecular formula is C20H22N2O3. The molecule has 25 heavy (non-hydrogen) atoms. The van der Waals surface area contributed by atoms with Gasteiger partial charge in [0.1, 0.15) is 0 Å². The summed E-state index contributed by atoms with van der Waals surface area (Å²) < 4.78 is 11.8. The van der Waals surface area contributed by atoms with Crippen LogP contribution in [0, 0.1) is 13.8 Å². The van der Waals surface area contributed by atoms with Crippen molar-refractivity contribution in [3.63, 3.8) is 0 Å². The van der Waals surface area contributed by atoms with Crippen LogP contribution >= 0.6 is 0 Å². The molecule has 0 radical (unpaired) electrons. The third-order valence-corrected chi connectivity index (χ3v) is 4.95. The maximum atomic E-state index is 12.9. The van der Waals surface area contributed by atoms with Crippen molar-refractivity contribution in [1.82, 2.24) is 5.32 Å². The third-order valence-electron chi connectivity index (χ3n) is 4.95. The molecule has 2 aliphatic heterocycles. The quantitative estimate of drug-likeness (QED) is 0.897. The van der Waals surface area contributed by atoms with Gasteiger partial charge in [0.15, 0.2) is 17.2 Å². The monoisotopic (exact) mass is 338 g/mol. The second-order valence-corrected chi connectivity index (χ2v) is 7.04. The van der Waals surface area contributed by atoms with Gasteiger partial charge in [-0.15, -0.1) is 0 Å². The summed E-state index contributed by atoms with van der Waals surface area (Å²) in [6.45, 7) is 6.03. The summed E-state index contributed by atoms with van der Waals surface area (Å²) in [6.07, 6.45) is 0.673. The molecule has 2 aromatic rings. The minimum atomic E-state index is -0.769. The number of para-hydroxylation sites is 1. The Hall–Kier alpha value is -2.69. The van der Waals surface area contributed by atoms with E-state index >= 15 is 0 Å². The second-order valence-electron chi connectivity index (χ2n) is 7.04. The molecule has 0 unspecified atom stereocenters. The van der Waals surface area contributed by atoms with Gasteiger partial charge in [0.25, 0.3) is 0 Å². The number of fused-ring (bicyclic) bond motifs is 4. The lowest BCUT2D eigenvalue weighted by molar-refractivity contribution is 0.0349. The smallest absolute Gasteiger partial charge is 0.325 e. The van der Waals surface area contributed by atoms with E-state index < -0.39 is 5.72 Å². The number of methoxy groups -OCH3 is 1. The Morgan fingerprint density at radius 2 is 1.96 bits per heavy atom. The van der Waals surface area contributed by atoms with Gasteiger partial charge < -0.3 is 14.8 Å². The first-order valence-corrected chi connectivity index (χ1v) is 8.46. The Kier molecular flexibility index (Phi) is 3.42. The number of benzene rings is 2. The van der Waals surface area contributed by atoms with Crippen LogP contribution in [0.4, 0.5) is 10.5 Å². The van der Waals surface area contributed by atoms with Gasteiger partial charge in [-0.1, -0.05) is 18.2 Å². The standard InChI is InChI=1S/C20H22N2O3/c1-12-8-13(2)10-14(9-12)22-19(23)21-16-11-20(22,3)25-18-15(16)6-5-7-17(18)24-4/h5-10,16H,11H2,1-4H3,(H,21,23)/t16-,20-/m1/s1. The van der Waals surface area contributed by atoms with Crippen LogP contribution in [-0.4, -0.2) is 18.9 Å². The number of ether oxygens (including phenoxy) is 2. The zero-order valence-corrected chi connectivity index (χ0v) is 14.9. The number of nitrogens with one attached hydrogen (secondary N) is 1. The first-order valence-electron chi connectivity index (χ1n) is 8.46. The lowest BCUT2D eigenvalue weighted by Crippen LogP contribution is -2.65. The van der Waals surface area contributed by atoms with E-state index in [0.29, 0.717) is 17.9 Å². The second kappa shape index (κ2) is 5.41. The first-order chi connectivity index (χ1) is 11.9. The first kappa shape index (κ1) is 15.8. The van der Waals surface area contributed by atoms with Crippen LogP contribution in [0.3, 0.4) is 0 Å². The summed E-state index contributed by atoms with van der Waals surface area (Å²) in [4.78, 5) is 14.6. The highest BCUT2D eigenvalue weighted by Crippen LogP contribution is 2.49. The zero-order valence-electron chi connectivity index (χ0n) is 14.9. The van der Waals surface area contributed by atoms with Crippen LogP contribution in [0.2, 0.25) is 0 Å². The highest BCUT2D eigenvalue weighted by Gasteiger charge is 2.50. The SMILES string of the molecule is COc1cccc2c1O[C@]1(C)C[C@H]2NC(=O)N1c1cc(C)cc(C)c1. The van der Waals surface area contributed by atoms with E-state index in [1.54, 1.807) is 12.0 Å². The molecule has 130 valence electrons. The van der Waals surface area contributed by atoms with E-state index in [1.807, 2.05) is 51.1 Å². The molecule has 2 aromatic carbocycles. The molecule has 5 heteroatoms. The van der Waals surface area contributed by atoms with Crippen LogP contribution in [0.1, 0.15) is 36.1 Å². The van der Waals surface area contributed by atoms with Gasteiger partial charge in [-0.3, -0.25) is 4.90 Å². The molecule has 2 bridgehead atoms. The zero-order chi connectivity index (χ0) is 17.8. The van der Waals surface area contributed by atoms with Gasteiger partial charge in [0.05, 0.1) is 13.2 Å². The normalized spacial score (nSPS) is 24.2. The molecule has 1 fully saturated rings. The molecule has 0 spiro atoms. The van der Waals surface area contributed by atoms with Crippen LogP contribution in [-0.2, 0) is 0 Å². The number of aryl methyl sites for hydroxylation is 2. The van der Waals surface area contributed by atoms with Gasteiger partial charge >= 0.3 is 6.03 Å². The van der Waals surface area contributed by atoms with Gasteiger partial charge in [-0.25, -0.2) is 4.79 Å². The van der Waals surface area contributed by atoms with Gasteiger partial charge in [-0.05, 0) is 50.1 Å². The van der Waals surface area contributed by atoms with Crippen LogP contribution < -0.4 is 19.7 Å². The van der Waals surface area contributed by atoms with E-state index in [-0.39, 0.29) is 12.1 Å². The molecule has 2 amide bonds. The number of anilines is 1. The van der Waals surface area contributed by atoms with Crippen LogP contribution in [0.5, 0.6) is 11.5 Å². The predicted octanol–water partition coefficient (Wildman–Crippen LogP) is 4.08. The highest BCUT2D eigenvalue weighted by molar-refractivity contribution is 5.95. The Morgan fingerprint density at radius 3 is 2.64 bits per heavy atom. The summed E-state index contributed by atoms with van der Waals surface area (Å²) in [5.74, 6) is 1.39. The predicted molar refractivity (Wildman–Crippen MR) is 96.3 cm³/mol. The third kappa shape index (κ3) is 2.42. The summed E-state index contributed by atoms with van der Waals surface area (Å²) in [5.41, 5.74) is 3.26. The molecular weight excluding hydrogens is 316 g/mol. The maximum Gasteiger partial charge on any atom is 0.325 e.